The molecule has 0 unspecified atom stereocenters. The number of nitrogens with zero attached hydrogens (tertiary/aromatic N) is 4. The minimum Gasteiger partial charge on any atom is -0.434 e. The van der Waals surface area contributed by atoms with E-state index >= 15 is 0 Å². The Kier molecular flexibility index (Phi) is 7.08. The third-order valence-electron chi connectivity index (χ3n) is 9.80. The van der Waals surface area contributed by atoms with Gasteiger partial charge in [-0.15, -0.1) is 0 Å². The molecule has 0 radical (unpaired) electrons. The van der Waals surface area contributed by atoms with Crippen LogP contribution < -0.4 is 14.4 Å². The lowest BCUT2D eigenvalue weighted by atomic mass is 9.63. The molecule has 1 spiro atoms. The predicted octanol–water partition coefficient (Wildman–Crippen LogP) is 6.37. The molecule has 0 atom stereocenters. The van der Waals surface area contributed by atoms with Gasteiger partial charge in [-0.3, -0.25) is 9.78 Å². The van der Waals surface area contributed by atoms with E-state index in [1.165, 1.54) is 5.57 Å². The molecular formula is C34H33F2N5O5S. The zero-order valence-corrected chi connectivity index (χ0v) is 26.5. The van der Waals surface area contributed by atoms with Crippen molar-refractivity contribution in [3.63, 3.8) is 0 Å². The molecule has 1 N–H and O–H groups in total. The lowest BCUT2D eigenvalue weighted by molar-refractivity contribution is -0.0488. The van der Waals surface area contributed by atoms with Crippen LogP contribution in [0.2, 0.25) is 0 Å². The number of halogens is 2. The number of ether oxygens (including phenoxy) is 1. The van der Waals surface area contributed by atoms with Gasteiger partial charge in [-0.1, -0.05) is 11.2 Å². The molecule has 3 fully saturated rings. The molecule has 3 aliphatic carbocycles. The smallest absolute Gasteiger partial charge is 0.387 e. The number of carbonyl (C=O) groups is 1. The number of pyridine rings is 2. The van der Waals surface area contributed by atoms with Gasteiger partial charge in [0.1, 0.15) is 22.9 Å². The summed E-state index contributed by atoms with van der Waals surface area (Å²) in [5.41, 5.74) is 6.02. The molecule has 13 heteroatoms. The number of hydrogen-bond donors (Lipinski definition) is 1. The molecule has 4 heterocycles. The lowest BCUT2D eigenvalue weighted by Crippen LogP contribution is -2.42. The highest BCUT2D eigenvalue weighted by Crippen LogP contribution is 2.56. The summed E-state index contributed by atoms with van der Waals surface area (Å²) >= 11 is 0. The van der Waals surface area contributed by atoms with Crippen LogP contribution in [0.25, 0.3) is 27.7 Å². The summed E-state index contributed by atoms with van der Waals surface area (Å²) < 4.78 is 64.1. The first kappa shape index (κ1) is 30.0. The van der Waals surface area contributed by atoms with Gasteiger partial charge in [0.2, 0.25) is 10.0 Å². The zero-order chi connectivity index (χ0) is 32.5. The quantitative estimate of drug-likeness (QED) is 0.218. The maximum absolute atomic E-state index is 13.4. The number of hydrogen-bond acceptors (Lipinski definition) is 9. The number of amides is 1. The lowest BCUT2D eigenvalue weighted by Gasteiger charge is -2.47. The zero-order valence-electron chi connectivity index (χ0n) is 25.7. The number of fused-ring (bicyclic) bond motifs is 1. The second-order valence-electron chi connectivity index (χ2n) is 13.1. The summed E-state index contributed by atoms with van der Waals surface area (Å²) in [6.07, 6.45) is 10.1. The molecule has 244 valence electrons. The van der Waals surface area contributed by atoms with Crippen LogP contribution in [0.1, 0.15) is 78.4 Å². The molecule has 10 nitrogen and oxygen atoms in total. The monoisotopic (exact) mass is 661 g/mol. The molecule has 1 aliphatic heterocycles. The van der Waals surface area contributed by atoms with Crippen molar-refractivity contribution in [2.75, 3.05) is 18.0 Å². The number of rotatable bonds is 9. The van der Waals surface area contributed by atoms with Crippen LogP contribution in [-0.2, 0) is 10.0 Å². The Balaban J connectivity index is 1.02. The molecule has 1 saturated heterocycles. The SMILES string of the molecule is Cc1ncccc1-c1noc(C2CC2)c1C1=CC2(CCN(c3ccc4nc(C(=O)NS(=O)(=O)C5CC5)cc(OC(F)F)c4c3)CC2)C1. The standard InChI is InChI=1S/C34H33F2N5O5S/c1-19-24(3-2-12-37-19)30-29(31(46-39-30)20-4-5-20)21-17-34(18-21)10-13-41(14-11-34)22-6-9-26-25(15-22)28(45-33(35)36)16-27(38-26)32(42)40-47(43,44)23-7-8-23/h2-3,6,9,12,15-17,20,23,33H,4-5,7-8,10-11,13-14,18H2,1H3,(H,40,42). The van der Waals surface area contributed by atoms with E-state index in [-0.39, 0.29) is 22.4 Å². The average Bonchev–Trinajstić information content (AvgIpc) is 3.97. The van der Waals surface area contributed by atoms with Gasteiger partial charge in [-0.2, -0.15) is 8.78 Å². The number of nitrogens with one attached hydrogen (secondary N) is 1. The van der Waals surface area contributed by atoms with Crippen molar-refractivity contribution in [2.45, 2.75) is 69.6 Å². The Hall–Kier alpha value is -4.39. The van der Waals surface area contributed by atoms with Gasteiger partial charge in [-0.05, 0) is 93.2 Å². The topological polar surface area (TPSA) is 128 Å². The molecule has 0 bridgehead atoms. The predicted molar refractivity (Wildman–Crippen MR) is 171 cm³/mol. The normalized spacial score (nSPS) is 19.1. The van der Waals surface area contributed by atoms with Crippen molar-refractivity contribution < 1.29 is 31.3 Å². The van der Waals surface area contributed by atoms with Crippen LogP contribution in [0.4, 0.5) is 14.5 Å². The number of aryl methyl sites for hydroxylation is 1. The fourth-order valence-electron chi connectivity index (χ4n) is 6.90. The number of alkyl halides is 2. The molecule has 2 saturated carbocycles. The van der Waals surface area contributed by atoms with Crippen LogP contribution in [0.15, 0.2) is 53.2 Å². The Morgan fingerprint density at radius 3 is 2.57 bits per heavy atom. The summed E-state index contributed by atoms with van der Waals surface area (Å²) in [6.45, 7) is 0.376. The van der Waals surface area contributed by atoms with E-state index in [2.05, 4.69) is 26.1 Å². The number of sulfonamides is 1. The van der Waals surface area contributed by atoms with E-state index in [1.54, 1.807) is 18.3 Å². The van der Waals surface area contributed by atoms with Gasteiger partial charge in [0, 0.05) is 59.2 Å². The van der Waals surface area contributed by atoms with Gasteiger partial charge >= 0.3 is 6.61 Å². The molecule has 4 aliphatic rings. The highest BCUT2D eigenvalue weighted by molar-refractivity contribution is 7.91. The van der Waals surface area contributed by atoms with Crippen molar-refractivity contribution >= 4 is 38.1 Å². The first-order valence-corrected chi connectivity index (χ1v) is 17.5. The minimum absolute atomic E-state index is 0.0661. The number of allylic oxidation sites excluding steroid dienone is 2. The highest BCUT2D eigenvalue weighted by Gasteiger charge is 2.44. The van der Waals surface area contributed by atoms with Gasteiger partial charge in [0.15, 0.2) is 0 Å². The maximum atomic E-state index is 13.4. The Morgan fingerprint density at radius 1 is 1.13 bits per heavy atom. The van der Waals surface area contributed by atoms with E-state index < -0.39 is 27.8 Å². The Morgan fingerprint density at radius 2 is 1.89 bits per heavy atom. The second-order valence-corrected chi connectivity index (χ2v) is 15.1. The summed E-state index contributed by atoms with van der Waals surface area (Å²) in [6, 6.07) is 10.3. The van der Waals surface area contributed by atoms with E-state index in [9.17, 15) is 22.0 Å². The van der Waals surface area contributed by atoms with Crippen LogP contribution in [-0.4, -0.2) is 54.4 Å². The van der Waals surface area contributed by atoms with Crippen molar-refractivity contribution in [3.8, 4) is 17.0 Å². The first-order chi connectivity index (χ1) is 22.6. The molecule has 3 aromatic heterocycles. The van der Waals surface area contributed by atoms with Gasteiger partial charge in [0.05, 0.1) is 10.8 Å². The third kappa shape index (κ3) is 5.64. The maximum Gasteiger partial charge on any atom is 0.387 e. The van der Waals surface area contributed by atoms with Gasteiger partial charge in [0.25, 0.3) is 5.91 Å². The molecule has 8 rings (SSSR count). The highest BCUT2D eigenvalue weighted by atomic mass is 32.2. The molecule has 1 amide bonds. The van der Waals surface area contributed by atoms with E-state index in [0.717, 1.165) is 85.2 Å². The molecule has 47 heavy (non-hydrogen) atoms. The number of anilines is 1. The van der Waals surface area contributed by atoms with Crippen LogP contribution >= 0.6 is 0 Å². The van der Waals surface area contributed by atoms with Gasteiger partial charge < -0.3 is 14.2 Å². The van der Waals surface area contributed by atoms with Crippen LogP contribution in [0.3, 0.4) is 0 Å². The number of benzene rings is 1. The van der Waals surface area contributed by atoms with Crippen molar-refractivity contribution in [1.29, 1.82) is 0 Å². The molecule has 4 aromatic rings. The summed E-state index contributed by atoms with van der Waals surface area (Å²) in [5, 5.41) is 4.21. The second kappa shape index (κ2) is 11.1. The fourth-order valence-corrected chi connectivity index (χ4v) is 8.19. The van der Waals surface area contributed by atoms with Crippen LogP contribution in [0, 0.1) is 12.3 Å². The number of piperidine rings is 1. The third-order valence-corrected chi connectivity index (χ3v) is 11.6. The van der Waals surface area contributed by atoms with Crippen molar-refractivity contribution in [3.05, 3.63) is 71.4 Å². The Bertz CT molecular complexity index is 2050. The van der Waals surface area contributed by atoms with Gasteiger partial charge in [-0.25, -0.2) is 18.1 Å². The summed E-state index contributed by atoms with van der Waals surface area (Å²) in [4.78, 5) is 23.7. The first-order valence-electron chi connectivity index (χ1n) is 15.9. The number of carbonyl (C=O) groups excluding carboxylic acids is 1. The van der Waals surface area contributed by atoms with E-state index in [4.69, 9.17) is 9.26 Å². The average molecular weight is 662 g/mol. The molecular weight excluding hydrogens is 628 g/mol. The summed E-state index contributed by atoms with van der Waals surface area (Å²) in [7, 11) is -3.84. The van der Waals surface area contributed by atoms with Crippen molar-refractivity contribution in [1.82, 2.24) is 19.8 Å². The fraction of sp³-hybridized carbons (Fsp3) is 0.412. The van der Waals surface area contributed by atoms with Crippen LogP contribution in [0.5, 0.6) is 5.75 Å². The van der Waals surface area contributed by atoms with E-state index in [0.29, 0.717) is 24.1 Å². The number of aromatic nitrogens is 3. The Labute approximate surface area is 270 Å². The van der Waals surface area contributed by atoms with E-state index in [1.807, 2.05) is 29.8 Å². The van der Waals surface area contributed by atoms with Crippen molar-refractivity contribution in [2.24, 2.45) is 5.41 Å². The largest absolute Gasteiger partial charge is 0.434 e. The minimum atomic E-state index is -3.84. The summed E-state index contributed by atoms with van der Waals surface area (Å²) in [5.74, 6) is 0.193. The molecule has 1 aromatic carbocycles.